The number of nitrogens with one attached hydrogen (secondary N) is 2. The molecule has 5 heterocycles. The molecule has 3 aromatic carbocycles. The number of carbonyl (C=O) groups is 1. The second-order valence-corrected chi connectivity index (χ2v) is 14.7. The maximum atomic E-state index is 12.5. The molecular formula is C49H45N5O7. The number of ether oxygens (including phenoxy) is 4. The summed E-state index contributed by atoms with van der Waals surface area (Å²) in [6.45, 7) is 2.20. The minimum Gasteiger partial charge on any atom is -0.493 e. The number of benzene rings is 3. The highest BCUT2D eigenvalue weighted by molar-refractivity contribution is 5.99. The van der Waals surface area contributed by atoms with Crippen LogP contribution in [0, 0.1) is 10.1 Å². The first-order valence-electron chi connectivity index (χ1n) is 20.1. The highest BCUT2D eigenvalue weighted by Gasteiger charge is 2.22. The monoisotopic (exact) mass is 815 g/mol. The molecule has 8 rings (SSSR count). The van der Waals surface area contributed by atoms with Gasteiger partial charge in [0, 0.05) is 56.5 Å². The van der Waals surface area contributed by atoms with Crippen molar-refractivity contribution in [1.82, 2.24) is 19.9 Å². The molecule has 0 atom stereocenters. The number of hydrogen-bond donors (Lipinski definition) is 2. The Labute approximate surface area is 352 Å². The molecule has 0 aliphatic carbocycles. The number of rotatable bonds is 13. The molecule has 2 aliphatic heterocycles. The third-order valence-corrected chi connectivity index (χ3v) is 11.0. The van der Waals surface area contributed by atoms with Gasteiger partial charge in [-0.2, -0.15) is 0 Å². The van der Waals surface area contributed by atoms with E-state index in [1.807, 2.05) is 66.8 Å². The first kappa shape index (κ1) is 40.3. The number of nitro groups is 1. The average molecular weight is 816 g/mol. The quantitative estimate of drug-likeness (QED) is 0.0501. The van der Waals surface area contributed by atoms with Crippen LogP contribution in [-0.2, 0) is 11.2 Å². The van der Waals surface area contributed by atoms with Crippen molar-refractivity contribution in [3.05, 3.63) is 129 Å². The lowest BCUT2D eigenvalue weighted by Gasteiger charge is -2.14. The highest BCUT2D eigenvalue weighted by Crippen LogP contribution is 2.44. The number of aryl methyl sites for hydroxylation is 1. The van der Waals surface area contributed by atoms with Gasteiger partial charge in [0.25, 0.3) is 5.69 Å². The number of unbranched alkanes of at least 4 members (excludes halogenated alkanes) is 3. The smallest absolute Gasteiger partial charge is 0.337 e. The molecule has 0 radical (unpaired) electrons. The van der Waals surface area contributed by atoms with Crippen LogP contribution in [0.1, 0.15) is 71.3 Å². The van der Waals surface area contributed by atoms with Gasteiger partial charge in [-0.15, -0.1) is 0 Å². The minimum absolute atomic E-state index is 0.0250. The van der Waals surface area contributed by atoms with E-state index in [-0.39, 0.29) is 10.6 Å². The fraction of sp³-hybridized carbons (Fsp3) is 0.204. The van der Waals surface area contributed by atoms with Crippen molar-refractivity contribution in [2.24, 2.45) is 0 Å². The zero-order valence-corrected chi connectivity index (χ0v) is 34.6. The molecule has 0 fully saturated rings. The van der Waals surface area contributed by atoms with E-state index >= 15 is 0 Å². The Morgan fingerprint density at radius 3 is 1.75 bits per heavy atom. The van der Waals surface area contributed by atoms with Gasteiger partial charge in [-0.3, -0.25) is 10.1 Å². The number of hydrogen-bond acceptors (Lipinski definition) is 9. The van der Waals surface area contributed by atoms with Gasteiger partial charge < -0.3 is 28.9 Å². The first-order valence-corrected chi connectivity index (χ1v) is 20.1. The lowest BCUT2D eigenvalue weighted by molar-refractivity contribution is -0.384. The molecule has 12 nitrogen and oxygen atoms in total. The molecule has 0 spiro atoms. The van der Waals surface area contributed by atoms with Gasteiger partial charge in [0.15, 0.2) is 11.5 Å². The fourth-order valence-corrected chi connectivity index (χ4v) is 8.06. The number of non-ortho nitro benzene ring substituents is 1. The van der Waals surface area contributed by atoms with Gasteiger partial charge in [-0.25, -0.2) is 14.8 Å². The summed E-state index contributed by atoms with van der Waals surface area (Å²) in [5.74, 6) is 0.951. The maximum Gasteiger partial charge on any atom is 0.337 e. The third kappa shape index (κ3) is 7.87. The number of aromatic nitrogens is 4. The Morgan fingerprint density at radius 2 is 1.18 bits per heavy atom. The molecule has 8 bridgehead atoms. The molecule has 0 saturated carbocycles. The summed E-state index contributed by atoms with van der Waals surface area (Å²) in [7, 11) is 6.07. The Balaban J connectivity index is 1.52. The van der Waals surface area contributed by atoms with Crippen LogP contribution in [0.2, 0.25) is 0 Å². The largest absolute Gasteiger partial charge is 0.493 e. The van der Waals surface area contributed by atoms with E-state index in [0.29, 0.717) is 62.1 Å². The summed E-state index contributed by atoms with van der Waals surface area (Å²) in [5.41, 5.74) is 11.9. The second kappa shape index (κ2) is 17.4. The van der Waals surface area contributed by atoms with E-state index in [1.165, 1.54) is 13.2 Å². The third-order valence-electron chi connectivity index (χ3n) is 11.0. The number of nitro benzene ring substituents is 1. The highest BCUT2D eigenvalue weighted by atomic mass is 16.6. The van der Waals surface area contributed by atoms with Crippen molar-refractivity contribution in [3.8, 4) is 50.6 Å². The number of esters is 1. The van der Waals surface area contributed by atoms with Gasteiger partial charge in [-0.05, 0) is 102 Å². The van der Waals surface area contributed by atoms with Crippen LogP contribution in [0.15, 0.2) is 84.9 Å². The lowest BCUT2D eigenvalue weighted by atomic mass is 10.0. The Bertz CT molecular complexity index is 2880. The van der Waals surface area contributed by atoms with Crippen molar-refractivity contribution in [1.29, 1.82) is 0 Å². The number of nitrogens with zero attached hydrogens (tertiary/aromatic N) is 3. The molecule has 6 aromatic rings. The van der Waals surface area contributed by atoms with Gasteiger partial charge in [0.2, 0.25) is 5.75 Å². The molecule has 308 valence electrons. The zero-order valence-electron chi connectivity index (χ0n) is 34.6. The molecule has 3 aromatic heterocycles. The Kier molecular flexibility index (Phi) is 11.5. The molecular weight excluding hydrogens is 771 g/mol. The van der Waals surface area contributed by atoms with Crippen LogP contribution < -0.4 is 14.2 Å². The average Bonchev–Trinajstić information content (AvgIpc) is 4.14. The summed E-state index contributed by atoms with van der Waals surface area (Å²) >= 11 is 0. The Morgan fingerprint density at radius 1 is 0.623 bits per heavy atom. The van der Waals surface area contributed by atoms with Gasteiger partial charge in [0.1, 0.15) is 0 Å². The van der Waals surface area contributed by atoms with Crippen LogP contribution in [0.3, 0.4) is 0 Å². The number of fused-ring (bicyclic) bond motifs is 8. The van der Waals surface area contributed by atoms with Crippen molar-refractivity contribution in [2.75, 3.05) is 28.4 Å². The predicted molar refractivity (Wildman–Crippen MR) is 241 cm³/mol. The van der Waals surface area contributed by atoms with Crippen molar-refractivity contribution in [3.63, 3.8) is 0 Å². The summed E-state index contributed by atoms with van der Waals surface area (Å²) < 4.78 is 22.3. The molecule has 0 unspecified atom stereocenters. The minimum atomic E-state index is -0.421. The number of carbonyl (C=O) groups excluding carboxylic acids is 1. The van der Waals surface area contributed by atoms with Crippen molar-refractivity contribution in [2.45, 2.75) is 39.0 Å². The van der Waals surface area contributed by atoms with Crippen LogP contribution in [-0.4, -0.2) is 59.3 Å². The predicted octanol–water partition coefficient (Wildman–Crippen LogP) is 11.5. The molecule has 61 heavy (non-hydrogen) atoms. The van der Waals surface area contributed by atoms with E-state index < -0.39 is 5.97 Å². The normalized spacial score (nSPS) is 11.8. The van der Waals surface area contributed by atoms with Gasteiger partial charge in [0.05, 0.1) is 61.7 Å². The van der Waals surface area contributed by atoms with Crippen LogP contribution in [0.4, 0.5) is 5.69 Å². The van der Waals surface area contributed by atoms with Crippen molar-refractivity contribution >= 4 is 58.0 Å². The van der Waals surface area contributed by atoms with Crippen LogP contribution in [0.25, 0.3) is 79.8 Å². The van der Waals surface area contributed by atoms with E-state index in [1.54, 1.807) is 45.6 Å². The standard InChI is InChI=1S/C49H45N5O7/c1-6-7-8-9-13-34-35-18-20-37(50-35)45(29-14-16-30(17-15-29)49(55)61-5)38-22-24-41(52-38)47(32-27-43(58-2)48(60-4)44(28-32)59-3)42-25-23-40(53-42)46(39-21-19-36(34)51-39)31-11-10-12-33(26-31)54(56)57/h10-12,14-28,50,53H,6-9,13H2,1-5H3. The molecule has 0 saturated heterocycles. The number of H-pyrrole nitrogens is 2. The zero-order chi connectivity index (χ0) is 42.6. The molecule has 12 heteroatoms. The van der Waals surface area contributed by atoms with Crippen LogP contribution >= 0.6 is 0 Å². The number of methoxy groups -OCH3 is 4. The van der Waals surface area contributed by atoms with E-state index in [9.17, 15) is 14.9 Å². The number of aromatic amines is 2. The van der Waals surface area contributed by atoms with Gasteiger partial charge >= 0.3 is 5.97 Å². The maximum absolute atomic E-state index is 12.5. The summed E-state index contributed by atoms with van der Waals surface area (Å²) in [6, 6.07) is 25.8. The van der Waals surface area contributed by atoms with Crippen molar-refractivity contribution < 1.29 is 28.7 Å². The van der Waals surface area contributed by atoms with E-state index in [4.69, 9.17) is 28.9 Å². The van der Waals surface area contributed by atoms with Crippen LogP contribution in [0.5, 0.6) is 17.2 Å². The molecule has 0 amide bonds. The Hall–Kier alpha value is -7.47. The summed E-state index contributed by atoms with van der Waals surface area (Å²) in [6.07, 6.45) is 13.0. The molecule has 2 aliphatic rings. The lowest BCUT2D eigenvalue weighted by Crippen LogP contribution is -2.00. The molecule has 2 N–H and O–H groups in total. The van der Waals surface area contributed by atoms with E-state index in [0.717, 1.165) is 76.6 Å². The van der Waals surface area contributed by atoms with E-state index in [2.05, 4.69) is 29.0 Å². The fourth-order valence-electron chi connectivity index (χ4n) is 8.06. The SMILES string of the molecule is CCCCCCc1c2nc(c(-c3cccc([N+](=O)[O-])c3)c3ccc([nH]3)c(-c3cc(OC)c(OC)c(OC)c3)c3nc(c(-c4ccc(C(=O)OC)cc4)c4ccc1[nH]4)C=C3)C=C2. The summed E-state index contributed by atoms with van der Waals surface area (Å²) in [4.78, 5) is 42.2. The van der Waals surface area contributed by atoms with Gasteiger partial charge in [-0.1, -0.05) is 50.5 Å². The first-order chi connectivity index (χ1) is 29.7. The summed E-state index contributed by atoms with van der Waals surface area (Å²) in [5, 5.41) is 12.1. The second-order valence-electron chi connectivity index (χ2n) is 14.7. The topological polar surface area (TPSA) is 154 Å².